The Kier molecular flexibility index (Phi) is 8.69. The minimum absolute atomic E-state index is 0. The summed E-state index contributed by atoms with van der Waals surface area (Å²) in [7, 11) is 0. The van der Waals surface area contributed by atoms with E-state index in [1.807, 2.05) is 23.6 Å². The molecule has 2 aliphatic heterocycles. The molecule has 2 fully saturated rings. The Morgan fingerprint density at radius 1 is 1.17 bits per heavy atom. The second kappa shape index (κ2) is 9.98. The van der Waals surface area contributed by atoms with E-state index >= 15 is 0 Å². The van der Waals surface area contributed by atoms with Gasteiger partial charge in [0.05, 0.1) is 0 Å². The number of rotatable bonds is 4. The molecular formula is C16H31ClN4O2. The van der Waals surface area contributed by atoms with Crippen LogP contribution >= 0.6 is 12.4 Å². The van der Waals surface area contributed by atoms with Gasteiger partial charge < -0.3 is 20.4 Å². The summed E-state index contributed by atoms with van der Waals surface area (Å²) < 4.78 is 0. The number of hydrogen-bond donors (Lipinski definition) is 2. The maximum Gasteiger partial charge on any atom is 0.319 e. The fourth-order valence-corrected chi connectivity index (χ4v) is 3.32. The maximum atomic E-state index is 12.3. The molecular weight excluding hydrogens is 316 g/mol. The fraction of sp³-hybridized carbons (Fsp3) is 0.875. The van der Waals surface area contributed by atoms with Crippen LogP contribution < -0.4 is 10.6 Å². The predicted molar refractivity (Wildman–Crippen MR) is 93.9 cm³/mol. The number of carbonyl (C=O) groups is 2. The van der Waals surface area contributed by atoms with Gasteiger partial charge in [-0.25, -0.2) is 4.79 Å². The average molecular weight is 347 g/mol. The van der Waals surface area contributed by atoms with Crippen LogP contribution in [0, 0.1) is 5.92 Å². The topological polar surface area (TPSA) is 64.7 Å². The van der Waals surface area contributed by atoms with E-state index in [2.05, 4.69) is 10.6 Å². The maximum absolute atomic E-state index is 12.3. The van der Waals surface area contributed by atoms with Crippen molar-refractivity contribution in [2.24, 2.45) is 5.92 Å². The summed E-state index contributed by atoms with van der Waals surface area (Å²) in [5, 5.41) is 6.48. The van der Waals surface area contributed by atoms with Gasteiger partial charge in [0.15, 0.2) is 0 Å². The van der Waals surface area contributed by atoms with Crippen molar-refractivity contribution in [2.45, 2.75) is 45.6 Å². The first-order chi connectivity index (χ1) is 10.7. The van der Waals surface area contributed by atoms with Crippen LogP contribution in [0.25, 0.3) is 0 Å². The normalized spacial score (nSPS) is 22.2. The molecule has 134 valence electrons. The van der Waals surface area contributed by atoms with E-state index in [-0.39, 0.29) is 36.3 Å². The summed E-state index contributed by atoms with van der Waals surface area (Å²) in [6.07, 6.45) is 3.75. The van der Waals surface area contributed by atoms with Crippen LogP contribution in [0.15, 0.2) is 0 Å². The summed E-state index contributed by atoms with van der Waals surface area (Å²) >= 11 is 0. The minimum atomic E-state index is 0. The third-order valence-corrected chi connectivity index (χ3v) is 4.81. The molecule has 0 saturated carbocycles. The summed E-state index contributed by atoms with van der Waals surface area (Å²) in [5.74, 6) is 0.228. The first-order valence-electron chi connectivity index (χ1n) is 8.70. The smallest absolute Gasteiger partial charge is 0.319 e. The van der Waals surface area contributed by atoms with Gasteiger partial charge in [-0.2, -0.15) is 0 Å². The molecule has 23 heavy (non-hydrogen) atoms. The Hall–Kier alpha value is -1.01. The van der Waals surface area contributed by atoms with Crippen LogP contribution in [-0.2, 0) is 4.79 Å². The molecule has 0 aromatic carbocycles. The molecule has 3 amide bonds. The molecule has 6 nitrogen and oxygen atoms in total. The van der Waals surface area contributed by atoms with Crippen molar-refractivity contribution in [3.05, 3.63) is 0 Å². The highest BCUT2D eigenvalue weighted by Gasteiger charge is 2.29. The molecule has 2 saturated heterocycles. The monoisotopic (exact) mass is 346 g/mol. The molecule has 0 unspecified atom stereocenters. The van der Waals surface area contributed by atoms with E-state index < -0.39 is 0 Å². The third-order valence-electron chi connectivity index (χ3n) is 4.81. The van der Waals surface area contributed by atoms with Crippen LogP contribution in [0.3, 0.4) is 0 Å². The number of urea groups is 1. The van der Waals surface area contributed by atoms with Crippen LogP contribution in [0.1, 0.15) is 39.5 Å². The average Bonchev–Trinajstić information content (AvgIpc) is 2.57. The molecule has 0 aromatic heterocycles. The van der Waals surface area contributed by atoms with Gasteiger partial charge in [-0.3, -0.25) is 4.79 Å². The molecule has 0 spiro atoms. The molecule has 0 radical (unpaired) electrons. The van der Waals surface area contributed by atoms with E-state index in [0.717, 1.165) is 51.9 Å². The zero-order valence-corrected chi connectivity index (χ0v) is 15.2. The van der Waals surface area contributed by atoms with E-state index in [1.54, 1.807) is 0 Å². The van der Waals surface area contributed by atoms with Gasteiger partial charge in [0.1, 0.15) is 0 Å². The molecule has 2 heterocycles. The van der Waals surface area contributed by atoms with Gasteiger partial charge in [-0.15, -0.1) is 12.4 Å². The SMILES string of the molecule is CCN(CC)C(=O)N1CCC(C(=O)N[C@H]2CCCNC2)CC1.Cl. The first kappa shape index (κ1) is 20.0. The van der Waals surface area contributed by atoms with E-state index in [0.29, 0.717) is 13.1 Å². The molecule has 2 aliphatic rings. The standard InChI is InChI=1S/C16H30N4O2.ClH/c1-3-19(4-2)16(22)20-10-7-13(8-11-20)15(21)18-14-6-5-9-17-12-14;/h13-14,17H,3-12H2,1-2H3,(H,18,21);1H/t14-;/m0./s1. The van der Waals surface area contributed by atoms with Gasteiger partial charge >= 0.3 is 6.03 Å². The number of nitrogens with zero attached hydrogens (tertiary/aromatic N) is 2. The molecule has 1 atom stereocenters. The summed E-state index contributed by atoms with van der Waals surface area (Å²) in [4.78, 5) is 28.4. The number of hydrogen-bond acceptors (Lipinski definition) is 3. The van der Waals surface area contributed by atoms with Gasteiger partial charge in [-0.1, -0.05) is 0 Å². The molecule has 0 aromatic rings. The fourth-order valence-electron chi connectivity index (χ4n) is 3.32. The Morgan fingerprint density at radius 3 is 2.35 bits per heavy atom. The predicted octanol–water partition coefficient (Wildman–Crippen LogP) is 1.45. The van der Waals surface area contributed by atoms with Crippen LogP contribution in [-0.4, -0.2) is 67.0 Å². The highest BCUT2D eigenvalue weighted by Crippen LogP contribution is 2.19. The summed E-state index contributed by atoms with van der Waals surface area (Å²) in [5.41, 5.74) is 0. The quantitative estimate of drug-likeness (QED) is 0.809. The van der Waals surface area contributed by atoms with Gasteiger partial charge in [-0.05, 0) is 46.1 Å². The van der Waals surface area contributed by atoms with Crippen molar-refractivity contribution in [1.29, 1.82) is 0 Å². The van der Waals surface area contributed by atoms with Crippen LogP contribution in [0.5, 0.6) is 0 Å². The lowest BCUT2D eigenvalue weighted by molar-refractivity contribution is -0.127. The number of amides is 3. The molecule has 2 rings (SSSR count). The Morgan fingerprint density at radius 2 is 1.83 bits per heavy atom. The lowest BCUT2D eigenvalue weighted by Gasteiger charge is -2.35. The van der Waals surface area contributed by atoms with E-state index in [9.17, 15) is 9.59 Å². The molecule has 7 heteroatoms. The first-order valence-corrected chi connectivity index (χ1v) is 8.70. The zero-order chi connectivity index (χ0) is 15.9. The van der Waals surface area contributed by atoms with Crippen molar-refractivity contribution in [3.8, 4) is 0 Å². The number of halogens is 1. The lowest BCUT2D eigenvalue weighted by Crippen LogP contribution is -2.51. The van der Waals surface area contributed by atoms with Crippen LogP contribution in [0.4, 0.5) is 4.79 Å². The van der Waals surface area contributed by atoms with Gasteiger partial charge in [0.2, 0.25) is 5.91 Å². The molecule has 0 bridgehead atoms. The van der Waals surface area contributed by atoms with Crippen LogP contribution in [0.2, 0.25) is 0 Å². The van der Waals surface area contributed by atoms with Crippen molar-refractivity contribution in [3.63, 3.8) is 0 Å². The second-order valence-corrected chi connectivity index (χ2v) is 6.27. The number of carbonyl (C=O) groups excluding carboxylic acids is 2. The largest absolute Gasteiger partial charge is 0.352 e. The van der Waals surface area contributed by atoms with Crippen molar-refractivity contribution < 1.29 is 9.59 Å². The second-order valence-electron chi connectivity index (χ2n) is 6.27. The lowest BCUT2D eigenvalue weighted by atomic mass is 9.95. The Balaban J connectivity index is 0.00000264. The minimum Gasteiger partial charge on any atom is -0.352 e. The van der Waals surface area contributed by atoms with Crippen molar-refractivity contribution in [1.82, 2.24) is 20.4 Å². The summed E-state index contributed by atoms with van der Waals surface area (Å²) in [6.45, 7) is 8.80. The Bertz CT molecular complexity index is 376. The molecule has 0 aliphatic carbocycles. The zero-order valence-electron chi connectivity index (χ0n) is 14.3. The van der Waals surface area contributed by atoms with Crippen molar-refractivity contribution in [2.75, 3.05) is 39.3 Å². The van der Waals surface area contributed by atoms with Crippen molar-refractivity contribution >= 4 is 24.3 Å². The Labute approximate surface area is 145 Å². The molecule has 2 N–H and O–H groups in total. The summed E-state index contributed by atoms with van der Waals surface area (Å²) in [6, 6.07) is 0.386. The third kappa shape index (κ3) is 5.53. The van der Waals surface area contributed by atoms with E-state index in [4.69, 9.17) is 0 Å². The number of piperidine rings is 2. The number of nitrogens with one attached hydrogen (secondary N) is 2. The van der Waals surface area contributed by atoms with Gasteiger partial charge in [0, 0.05) is 44.7 Å². The highest BCUT2D eigenvalue weighted by molar-refractivity contribution is 5.85. The van der Waals surface area contributed by atoms with Gasteiger partial charge in [0.25, 0.3) is 0 Å². The van der Waals surface area contributed by atoms with E-state index in [1.165, 1.54) is 0 Å². The highest BCUT2D eigenvalue weighted by atomic mass is 35.5. The number of likely N-dealkylation sites (tertiary alicyclic amines) is 1.